The van der Waals surface area contributed by atoms with Crippen LogP contribution in [0.3, 0.4) is 0 Å². The van der Waals surface area contributed by atoms with Gasteiger partial charge in [0.25, 0.3) is 0 Å². The molecule has 1 heterocycles. The van der Waals surface area contributed by atoms with Crippen molar-refractivity contribution in [3.63, 3.8) is 0 Å². The third kappa shape index (κ3) is 2.69. The number of benzene rings is 1. The number of aromatic nitrogens is 2. The molecule has 3 N–H and O–H groups in total. The second-order valence-electron chi connectivity index (χ2n) is 3.72. The van der Waals surface area contributed by atoms with Gasteiger partial charge in [0.1, 0.15) is 6.33 Å². The number of anilines is 2. The maximum atomic E-state index is 13.6. The summed E-state index contributed by atoms with van der Waals surface area (Å²) in [6, 6.07) is 7.37. The highest BCUT2D eigenvalue weighted by Gasteiger charge is 2.06. The number of nitrogens with zero attached hydrogens (tertiary/aromatic N) is 2. The van der Waals surface area contributed by atoms with Gasteiger partial charge in [0.05, 0.1) is 5.69 Å². The topological polar surface area (TPSA) is 63.8 Å². The standard InChI is InChI=1S/C12H13FN4/c1-8-11(13)12(17-7-16-8)15-6-9-2-4-10(14)5-3-9/h2-5,7H,6,14H2,1H3,(H,15,16,17). The first-order valence-corrected chi connectivity index (χ1v) is 5.22. The molecule has 17 heavy (non-hydrogen) atoms. The number of aryl methyl sites for hydroxylation is 1. The molecular weight excluding hydrogens is 219 g/mol. The maximum absolute atomic E-state index is 13.6. The SMILES string of the molecule is Cc1ncnc(NCc2ccc(N)cc2)c1F. The number of hydrogen-bond acceptors (Lipinski definition) is 4. The van der Waals surface area contributed by atoms with Crippen LogP contribution in [0, 0.1) is 12.7 Å². The lowest BCUT2D eigenvalue weighted by molar-refractivity contribution is 0.604. The first-order valence-electron chi connectivity index (χ1n) is 5.22. The Balaban J connectivity index is 2.07. The van der Waals surface area contributed by atoms with E-state index in [2.05, 4.69) is 15.3 Å². The summed E-state index contributed by atoms with van der Waals surface area (Å²) in [4.78, 5) is 7.61. The van der Waals surface area contributed by atoms with Gasteiger partial charge < -0.3 is 11.1 Å². The molecule has 0 aliphatic rings. The van der Waals surface area contributed by atoms with Gasteiger partial charge in [0.15, 0.2) is 11.6 Å². The Kier molecular flexibility index (Phi) is 3.18. The number of nitrogens with one attached hydrogen (secondary N) is 1. The van der Waals surface area contributed by atoms with Crippen LogP contribution in [-0.4, -0.2) is 9.97 Å². The first kappa shape index (κ1) is 11.3. The van der Waals surface area contributed by atoms with Crippen molar-refractivity contribution in [2.24, 2.45) is 0 Å². The van der Waals surface area contributed by atoms with Crippen molar-refractivity contribution < 1.29 is 4.39 Å². The molecule has 4 nitrogen and oxygen atoms in total. The summed E-state index contributed by atoms with van der Waals surface area (Å²) in [6.45, 7) is 2.10. The van der Waals surface area contributed by atoms with Crippen LogP contribution < -0.4 is 11.1 Å². The fourth-order valence-electron chi connectivity index (χ4n) is 1.40. The minimum atomic E-state index is -0.414. The highest BCUT2D eigenvalue weighted by molar-refractivity contribution is 5.42. The van der Waals surface area contributed by atoms with E-state index in [9.17, 15) is 4.39 Å². The summed E-state index contributed by atoms with van der Waals surface area (Å²) in [5, 5.41) is 2.92. The Labute approximate surface area is 98.7 Å². The average Bonchev–Trinajstić information content (AvgIpc) is 2.33. The molecule has 0 aliphatic carbocycles. The lowest BCUT2D eigenvalue weighted by Gasteiger charge is -2.07. The summed E-state index contributed by atoms with van der Waals surface area (Å²) < 4.78 is 13.6. The monoisotopic (exact) mass is 232 g/mol. The van der Waals surface area contributed by atoms with E-state index in [0.717, 1.165) is 5.56 Å². The van der Waals surface area contributed by atoms with Crippen LogP contribution in [0.5, 0.6) is 0 Å². The van der Waals surface area contributed by atoms with Gasteiger partial charge >= 0.3 is 0 Å². The van der Waals surface area contributed by atoms with Crippen molar-refractivity contribution in [1.82, 2.24) is 9.97 Å². The molecule has 2 aromatic rings. The zero-order valence-electron chi connectivity index (χ0n) is 9.44. The van der Waals surface area contributed by atoms with Gasteiger partial charge in [0, 0.05) is 12.2 Å². The van der Waals surface area contributed by atoms with Gasteiger partial charge in [-0.05, 0) is 24.6 Å². The normalized spacial score (nSPS) is 10.2. The van der Waals surface area contributed by atoms with E-state index in [1.54, 1.807) is 19.1 Å². The highest BCUT2D eigenvalue weighted by atomic mass is 19.1. The van der Waals surface area contributed by atoms with Crippen molar-refractivity contribution in [2.75, 3.05) is 11.1 Å². The molecule has 0 radical (unpaired) electrons. The van der Waals surface area contributed by atoms with Gasteiger partial charge in [-0.2, -0.15) is 0 Å². The van der Waals surface area contributed by atoms with E-state index in [0.29, 0.717) is 17.9 Å². The maximum Gasteiger partial charge on any atom is 0.186 e. The predicted octanol–water partition coefficient (Wildman–Crippen LogP) is 2.12. The fraction of sp³-hybridized carbons (Fsp3) is 0.167. The van der Waals surface area contributed by atoms with Crippen molar-refractivity contribution in [2.45, 2.75) is 13.5 Å². The Morgan fingerprint density at radius 3 is 2.65 bits per heavy atom. The van der Waals surface area contributed by atoms with Gasteiger partial charge in [-0.25, -0.2) is 14.4 Å². The molecule has 0 fully saturated rings. The van der Waals surface area contributed by atoms with Crippen LogP contribution in [0.4, 0.5) is 15.9 Å². The predicted molar refractivity (Wildman–Crippen MR) is 64.9 cm³/mol. The zero-order chi connectivity index (χ0) is 12.3. The summed E-state index contributed by atoms with van der Waals surface area (Å²) in [5.74, 6) is -0.197. The molecule has 0 saturated heterocycles. The quantitative estimate of drug-likeness (QED) is 0.795. The van der Waals surface area contributed by atoms with E-state index in [1.807, 2.05) is 12.1 Å². The molecule has 0 unspecified atom stereocenters. The van der Waals surface area contributed by atoms with Gasteiger partial charge in [-0.15, -0.1) is 0 Å². The molecule has 88 valence electrons. The van der Waals surface area contributed by atoms with Crippen molar-refractivity contribution in [1.29, 1.82) is 0 Å². The second kappa shape index (κ2) is 4.78. The van der Waals surface area contributed by atoms with Gasteiger partial charge in [0.2, 0.25) is 0 Å². The molecule has 0 amide bonds. The lowest BCUT2D eigenvalue weighted by Crippen LogP contribution is -2.05. The Hall–Kier alpha value is -2.17. The second-order valence-corrected chi connectivity index (χ2v) is 3.72. The van der Waals surface area contributed by atoms with E-state index in [-0.39, 0.29) is 5.82 Å². The molecule has 0 spiro atoms. The molecule has 0 atom stereocenters. The van der Waals surface area contributed by atoms with Gasteiger partial charge in [-0.1, -0.05) is 12.1 Å². The number of rotatable bonds is 3. The first-order chi connectivity index (χ1) is 8.16. The molecule has 1 aromatic carbocycles. The average molecular weight is 232 g/mol. The van der Waals surface area contributed by atoms with E-state index in [1.165, 1.54) is 6.33 Å². The zero-order valence-corrected chi connectivity index (χ0v) is 9.44. The fourth-order valence-corrected chi connectivity index (χ4v) is 1.40. The molecule has 0 saturated carbocycles. The van der Waals surface area contributed by atoms with Crippen molar-refractivity contribution in [3.8, 4) is 0 Å². The summed E-state index contributed by atoms with van der Waals surface area (Å²) in [6.07, 6.45) is 1.34. The molecule has 5 heteroatoms. The molecule has 2 rings (SSSR count). The Morgan fingerprint density at radius 2 is 1.94 bits per heavy atom. The Bertz CT molecular complexity index is 510. The smallest absolute Gasteiger partial charge is 0.186 e. The molecular formula is C12H13FN4. The van der Waals surface area contributed by atoms with Crippen LogP contribution in [0.1, 0.15) is 11.3 Å². The minimum absolute atomic E-state index is 0.217. The number of hydrogen-bond donors (Lipinski definition) is 2. The minimum Gasteiger partial charge on any atom is -0.399 e. The number of halogens is 1. The molecule has 0 aliphatic heterocycles. The van der Waals surface area contributed by atoms with E-state index in [4.69, 9.17) is 5.73 Å². The van der Waals surface area contributed by atoms with Crippen LogP contribution >= 0.6 is 0 Å². The molecule has 1 aromatic heterocycles. The van der Waals surface area contributed by atoms with Crippen molar-refractivity contribution >= 4 is 11.5 Å². The third-order valence-electron chi connectivity index (χ3n) is 2.40. The Morgan fingerprint density at radius 1 is 1.24 bits per heavy atom. The summed E-state index contributed by atoms with van der Waals surface area (Å²) in [7, 11) is 0. The van der Waals surface area contributed by atoms with E-state index < -0.39 is 5.82 Å². The third-order valence-corrected chi connectivity index (χ3v) is 2.40. The summed E-state index contributed by atoms with van der Waals surface area (Å²) in [5.41, 5.74) is 7.63. The van der Waals surface area contributed by atoms with Crippen LogP contribution in [0.25, 0.3) is 0 Å². The van der Waals surface area contributed by atoms with Crippen LogP contribution in [0.2, 0.25) is 0 Å². The lowest BCUT2D eigenvalue weighted by atomic mass is 10.2. The highest BCUT2D eigenvalue weighted by Crippen LogP contribution is 2.13. The molecule has 0 bridgehead atoms. The van der Waals surface area contributed by atoms with Crippen LogP contribution in [-0.2, 0) is 6.54 Å². The largest absolute Gasteiger partial charge is 0.399 e. The number of nitrogens with two attached hydrogens (primary N) is 1. The number of nitrogen functional groups attached to an aromatic ring is 1. The van der Waals surface area contributed by atoms with E-state index >= 15 is 0 Å². The van der Waals surface area contributed by atoms with Gasteiger partial charge in [-0.3, -0.25) is 0 Å². The van der Waals surface area contributed by atoms with Crippen molar-refractivity contribution in [3.05, 3.63) is 47.7 Å². The van der Waals surface area contributed by atoms with Crippen LogP contribution in [0.15, 0.2) is 30.6 Å². The summed E-state index contributed by atoms with van der Waals surface area (Å²) >= 11 is 0.